The van der Waals surface area contributed by atoms with Gasteiger partial charge in [0.1, 0.15) is 6.17 Å². The number of fused-ring (bicyclic) bond motifs is 5. The molecule has 5 heteroatoms. The van der Waals surface area contributed by atoms with Crippen molar-refractivity contribution in [2.45, 2.75) is 18.2 Å². The van der Waals surface area contributed by atoms with Crippen molar-refractivity contribution in [3.8, 4) is 0 Å². The first-order chi connectivity index (χ1) is 8.74. The van der Waals surface area contributed by atoms with Crippen molar-refractivity contribution in [2.24, 2.45) is 0 Å². The van der Waals surface area contributed by atoms with Crippen molar-refractivity contribution in [2.75, 3.05) is 6.54 Å². The number of nitrogens with one attached hydrogen (secondary N) is 1. The molecule has 1 saturated heterocycles. The first-order valence-corrected chi connectivity index (χ1v) is 6.05. The lowest BCUT2D eigenvalue weighted by atomic mass is 10.0. The predicted octanol–water partition coefficient (Wildman–Crippen LogP) is 0.856. The van der Waals surface area contributed by atoms with Crippen LogP contribution in [0.5, 0.6) is 0 Å². The molecule has 3 aliphatic heterocycles. The van der Waals surface area contributed by atoms with Gasteiger partial charge in [-0.3, -0.25) is 10.2 Å². The predicted molar refractivity (Wildman–Crippen MR) is 65.5 cm³/mol. The third-order valence-electron chi connectivity index (χ3n) is 3.95. The van der Waals surface area contributed by atoms with Crippen molar-refractivity contribution < 1.29 is 9.90 Å². The highest BCUT2D eigenvalue weighted by Gasteiger charge is 2.45. The monoisotopic (exact) mass is 243 g/mol. The van der Waals surface area contributed by atoms with Gasteiger partial charge in [-0.25, -0.2) is 4.79 Å². The minimum absolute atomic E-state index is 0.117. The molecule has 5 nitrogen and oxygen atoms in total. The van der Waals surface area contributed by atoms with Gasteiger partial charge < -0.3 is 10.0 Å². The van der Waals surface area contributed by atoms with Crippen molar-refractivity contribution in [1.82, 2.24) is 15.1 Å². The molecule has 1 amide bonds. The van der Waals surface area contributed by atoms with Gasteiger partial charge in [0.15, 0.2) is 0 Å². The number of carboxylic acid groups (broad SMARTS) is 1. The minimum Gasteiger partial charge on any atom is -0.465 e. The van der Waals surface area contributed by atoms with Crippen molar-refractivity contribution in [3.63, 3.8) is 0 Å². The fourth-order valence-electron chi connectivity index (χ4n) is 3.12. The summed E-state index contributed by atoms with van der Waals surface area (Å²) in [4.78, 5) is 14.6. The van der Waals surface area contributed by atoms with Crippen LogP contribution in [0.2, 0.25) is 0 Å². The van der Waals surface area contributed by atoms with Gasteiger partial charge in [-0.1, -0.05) is 24.3 Å². The molecule has 0 aromatic carbocycles. The van der Waals surface area contributed by atoms with E-state index in [2.05, 4.69) is 34.6 Å². The summed E-state index contributed by atoms with van der Waals surface area (Å²) in [6.45, 7) is 0.469. The molecule has 3 heterocycles. The quantitative estimate of drug-likeness (QED) is 0.662. The van der Waals surface area contributed by atoms with E-state index in [9.17, 15) is 4.79 Å². The molecule has 0 radical (unpaired) electrons. The number of allylic oxidation sites excluding steroid dienone is 2. The highest BCUT2D eigenvalue weighted by atomic mass is 16.4. The maximum atomic E-state index is 11.0. The zero-order valence-electron chi connectivity index (χ0n) is 9.65. The number of nitrogens with zero attached hydrogens (tertiary/aromatic N) is 2. The normalized spacial score (nSPS) is 35.2. The van der Waals surface area contributed by atoms with Gasteiger partial charge in [-0.2, -0.15) is 0 Å². The Morgan fingerprint density at radius 3 is 3.00 bits per heavy atom. The van der Waals surface area contributed by atoms with Crippen LogP contribution in [0.25, 0.3) is 0 Å². The molecule has 4 aliphatic rings. The van der Waals surface area contributed by atoms with Gasteiger partial charge in [0, 0.05) is 18.0 Å². The summed E-state index contributed by atoms with van der Waals surface area (Å²) < 4.78 is 0. The maximum Gasteiger partial charge on any atom is 0.411 e. The number of hydrogen-bond acceptors (Lipinski definition) is 3. The molecule has 4 rings (SSSR count). The highest BCUT2D eigenvalue weighted by molar-refractivity contribution is 5.70. The number of rotatable bonds is 0. The topological polar surface area (TPSA) is 55.8 Å². The van der Waals surface area contributed by atoms with Crippen LogP contribution in [-0.2, 0) is 0 Å². The van der Waals surface area contributed by atoms with Crippen LogP contribution in [0.15, 0.2) is 47.9 Å². The fourth-order valence-corrected chi connectivity index (χ4v) is 3.12. The Bertz CT molecular complexity index is 546. The third kappa shape index (κ3) is 1.17. The summed E-state index contributed by atoms with van der Waals surface area (Å²) in [7, 11) is 0. The zero-order chi connectivity index (χ0) is 12.3. The molecule has 0 bridgehead atoms. The first-order valence-electron chi connectivity index (χ1n) is 6.05. The molecule has 0 saturated carbocycles. The van der Waals surface area contributed by atoms with E-state index in [1.807, 2.05) is 6.08 Å². The standard InChI is InChI=1S/C13H13N3O2/c17-13(18)15-5-8-6-16-11-4-2-1-3-10(11)14-12(16)9(8)7-15/h1-4,6-7,10-12,14H,5H2,(H,17,18). The average molecular weight is 243 g/mol. The van der Waals surface area contributed by atoms with Crippen LogP contribution >= 0.6 is 0 Å². The Kier molecular flexibility index (Phi) is 1.81. The largest absolute Gasteiger partial charge is 0.465 e. The van der Waals surface area contributed by atoms with E-state index in [0.29, 0.717) is 18.6 Å². The third-order valence-corrected chi connectivity index (χ3v) is 3.95. The Labute approximate surface area is 104 Å². The van der Waals surface area contributed by atoms with Gasteiger partial charge in [-0.05, 0) is 5.57 Å². The molecule has 0 aromatic rings. The lowest BCUT2D eigenvalue weighted by molar-refractivity contribution is 0.167. The molecule has 1 fully saturated rings. The molecule has 0 spiro atoms. The fraction of sp³-hybridized carbons (Fsp3) is 0.308. The van der Waals surface area contributed by atoms with E-state index in [4.69, 9.17) is 5.11 Å². The summed E-state index contributed by atoms with van der Waals surface area (Å²) in [5.74, 6) is 0. The summed E-state index contributed by atoms with van der Waals surface area (Å²) in [5.41, 5.74) is 2.20. The van der Waals surface area contributed by atoms with Gasteiger partial charge in [-0.15, -0.1) is 0 Å². The van der Waals surface area contributed by atoms with E-state index < -0.39 is 6.09 Å². The SMILES string of the molecule is O=C(O)N1C=C2C(=CN3C2NC2C=CC=CC23)C1. The summed E-state index contributed by atoms with van der Waals surface area (Å²) in [5, 5.41) is 12.5. The van der Waals surface area contributed by atoms with Crippen molar-refractivity contribution >= 4 is 6.09 Å². The number of carbonyl (C=O) groups is 1. The van der Waals surface area contributed by atoms with Gasteiger partial charge >= 0.3 is 6.09 Å². The molecule has 18 heavy (non-hydrogen) atoms. The second kappa shape index (κ2) is 3.26. The van der Waals surface area contributed by atoms with Crippen LogP contribution in [0.1, 0.15) is 0 Å². The highest BCUT2D eigenvalue weighted by Crippen LogP contribution is 2.38. The van der Waals surface area contributed by atoms with E-state index >= 15 is 0 Å². The second-order valence-electron chi connectivity index (χ2n) is 4.95. The van der Waals surface area contributed by atoms with E-state index in [0.717, 1.165) is 11.1 Å². The maximum absolute atomic E-state index is 11.0. The molecule has 3 unspecified atom stereocenters. The Balaban J connectivity index is 1.68. The summed E-state index contributed by atoms with van der Waals surface area (Å²) in [6.07, 6.45) is 11.5. The second-order valence-corrected chi connectivity index (χ2v) is 4.95. The van der Waals surface area contributed by atoms with Crippen LogP contribution in [0.4, 0.5) is 4.79 Å². The van der Waals surface area contributed by atoms with Gasteiger partial charge in [0.25, 0.3) is 0 Å². The van der Waals surface area contributed by atoms with Crippen LogP contribution in [-0.4, -0.2) is 45.8 Å². The first kappa shape index (κ1) is 9.96. The van der Waals surface area contributed by atoms with E-state index in [1.54, 1.807) is 6.20 Å². The summed E-state index contributed by atoms with van der Waals surface area (Å²) >= 11 is 0. The Morgan fingerprint density at radius 2 is 2.17 bits per heavy atom. The lowest BCUT2D eigenvalue weighted by Gasteiger charge is -2.23. The molecule has 1 aliphatic carbocycles. The molecule has 92 valence electrons. The summed E-state index contributed by atoms with van der Waals surface area (Å²) in [6, 6.07) is 0.662. The average Bonchev–Trinajstić information content (AvgIpc) is 2.97. The van der Waals surface area contributed by atoms with Crippen LogP contribution in [0, 0.1) is 0 Å². The molecular weight excluding hydrogens is 230 g/mol. The smallest absolute Gasteiger partial charge is 0.411 e. The molecule has 3 atom stereocenters. The van der Waals surface area contributed by atoms with E-state index in [1.165, 1.54) is 4.90 Å². The Morgan fingerprint density at radius 1 is 1.33 bits per heavy atom. The van der Waals surface area contributed by atoms with Gasteiger partial charge in [0.05, 0.1) is 18.6 Å². The Hall–Kier alpha value is -2.01. The zero-order valence-corrected chi connectivity index (χ0v) is 9.65. The van der Waals surface area contributed by atoms with Crippen LogP contribution < -0.4 is 5.32 Å². The van der Waals surface area contributed by atoms with Crippen LogP contribution in [0.3, 0.4) is 0 Å². The van der Waals surface area contributed by atoms with E-state index in [-0.39, 0.29) is 6.17 Å². The number of hydrogen-bond donors (Lipinski definition) is 2. The molecule has 0 aromatic heterocycles. The minimum atomic E-state index is -0.889. The van der Waals surface area contributed by atoms with Crippen molar-refractivity contribution in [1.29, 1.82) is 0 Å². The molecule has 2 N–H and O–H groups in total. The van der Waals surface area contributed by atoms with Gasteiger partial charge in [0.2, 0.25) is 0 Å². The van der Waals surface area contributed by atoms with Crippen molar-refractivity contribution in [3.05, 3.63) is 47.9 Å². The lowest BCUT2D eigenvalue weighted by Crippen LogP contribution is -2.32. The molecular formula is C13H13N3O2. The number of amides is 1.